The Bertz CT molecular complexity index is 558. The summed E-state index contributed by atoms with van der Waals surface area (Å²) in [6, 6.07) is 14.3. The van der Waals surface area contributed by atoms with Crippen LogP contribution in [0.15, 0.2) is 54.6 Å². The van der Waals surface area contributed by atoms with Gasteiger partial charge >= 0.3 is 11.9 Å². The molecule has 4 heteroatoms. The Balaban J connectivity index is 2.12. The van der Waals surface area contributed by atoms with Crippen LogP contribution >= 0.6 is 0 Å². The minimum Gasteiger partial charge on any atom is -0.478 e. The Morgan fingerprint density at radius 3 is 1.94 bits per heavy atom. The lowest BCUT2D eigenvalue weighted by Crippen LogP contribution is -2.08. The number of benzene rings is 2. The molecule has 0 unspecified atom stereocenters. The molecule has 0 atom stereocenters. The highest BCUT2D eigenvalue weighted by Gasteiger charge is 2.09. The van der Waals surface area contributed by atoms with Crippen molar-refractivity contribution in [3.63, 3.8) is 0 Å². The summed E-state index contributed by atoms with van der Waals surface area (Å²) in [5.74, 6) is -1.10. The van der Waals surface area contributed by atoms with Crippen molar-refractivity contribution in [3.05, 3.63) is 65.7 Å². The van der Waals surface area contributed by atoms with Crippen molar-refractivity contribution in [1.29, 1.82) is 0 Å². The van der Waals surface area contributed by atoms with Crippen molar-refractivity contribution >= 4 is 11.9 Å². The third-order valence-electron chi connectivity index (χ3n) is 2.32. The first-order chi connectivity index (χ1) is 8.66. The van der Waals surface area contributed by atoms with Crippen molar-refractivity contribution < 1.29 is 19.4 Å². The number of carbonyl (C=O) groups excluding carboxylic acids is 1. The molecule has 0 aliphatic heterocycles. The van der Waals surface area contributed by atoms with Gasteiger partial charge in [-0.1, -0.05) is 18.2 Å². The van der Waals surface area contributed by atoms with E-state index in [0.717, 1.165) is 0 Å². The van der Waals surface area contributed by atoms with Gasteiger partial charge in [0.2, 0.25) is 0 Å². The highest BCUT2D eigenvalue weighted by Crippen LogP contribution is 2.12. The fraction of sp³-hybridized carbons (Fsp3) is 0. The van der Waals surface area contributed by atoms with Gasteiger partial charge in [-0.25, -0.2) is 9.59 Å². The fourth-order valence-corrected chi connectivity index (χ4v) is 1.40. The molecule has 18 heavy (non-hydrogen) atoms. The minimum absolute atomic E-state index is 0.131. The number of esters is 1. The summed E-state index contributed by atoms with van der Waals surface area (Å²) in [6.07, 6.45) is 0. The molecule has 2 rings (SSSR count). The number of ether oxygens (including phenoxy) is 1. The molecule has 0 heterocycles. The third-order valence-corrected chi connectivity index (χ3v) is 2.32. The van der Waals surface area contributed by atoms with Crippen LogP contribution in [-0.2, 0) is 0 Å². The molecule has 0 aromatic heterocycles. The molecule has 2 aromatic carbocycles. The maximum Gasteiger partial charge on any atom is 0.343 e. The maximum absolute atomic E-state index is 11.7. The summed E-state index contributed by atoms with van der Waals surface area (Å²) in [4.78, 5) is 22.4. The molecule has 0 amide bonds. The summed E-state index contributed by atoms with van der Waals surface area (Å²) in [7, 11) is 0. The van der Waals surface area contributed by atoms with Gasteiger partial charge in [-0.3, -0.25) is 0 Å². The van der Waals surface area contributed by atoms with Crippen LogP contribution in [-0.4, -0.2) is 17.0 Å². The van der Waals surface area contributed by atoms with E-state index in [1.54, 1.807) is 24.3 Å². The lowest BCUT2D eigenvalue weighted by molar-refractivity contribution is 0.0691. The zero-order valence-electron chi connectivity index (χ0n) is 9.37. The Kier molecular flexibility index (Phi) is 3.38. The van der Waals surface area contributed by atoms with Gasteiger partial charge in [0, 0.05) is 0 Å². The SMILES string of the molecule is O=C(O)c1ccc(C(=O)Oc2ccccc2)cc1. The molecular weight excluding hydrogens is 232 g/mol. The summed E-state index contributed by atoms with van der Waals surface area (Å²) in [5.41, 5.74) is 0.440. The largest absolute Gasteiger partial charge is 0.478 e. The van der Waals surface area contributed by atoms with Gasteiger partial charge in [-0.2, -0.15) is 0 Å². The second-order valence-electron chi connectivity index (χ2n) is 3.59. The van der Waals surface area contributed by atoms with Crippen molar-refractivity contribution in [2.75, 3.05) is 0 Å². The average molecular weight is 242 g/mol. The number of para-hydroxylation sites is 1. The quantitative estimate of drug-likeness (QED) is 0.663. The first-order valence-electron chi connectivity index (χ1n) is 5.27. The number of rotatable bonds is 3. The van der Waals surface area contributed by atoms with Crippen LogP contribution in [0.3, 0.4) is 0 Å². The first-order valence-corrected chi connectivity index (χ1v) is 5.27. The Labute approximate surface area is 103 Å². The van der Waals surface area contributed by atoms with Crippen molar-refractivity contribution in [3.8, 4) is 5.75 Å². The average Bonchev–Trinajstić information content (AvgIpc) is 2.40. The van der Waals surface area contributed by atoms with E-state index in [4.69, 9.17) is 9.84 Å². The number of carboxylic acids is 1. The standard InChI is InChI=1S/C14H10O4/c15-13(16)10-6-8-11(9-7-10)14(17)18-12-4-2-1-3-5-12/h1-9H,(H,15,16). The van der Waals surface area contributed by atoms with Crippen LogP contribution in [0.2, 0.25) is 0 Å². The van der Waals surface area contributed by atoms with Gasteiger partial charge in [0.25, 0.3) is 0 Å². The third kappa shape index (κ3) is 2.74. The van der Waals surface area contributed by atoms with Crippen LogP contribution in [0.4, 0.5) is 0 Å². The lowest BCUT2D eigenvalue weighted by Gasteiger charge is -2.04. The van der Waals surface area contributed by atoms with E-state index in [-0.39, 0.29) is 5.56 Å². The summed E-state index contributed by atoms with van der Waals surface area (Å²) in [5, 5.41) is 8.73. The predicted octanol–water partition coefficient (Wildman–Crippen LogP) is 2.60. The molecule has 0 spiro atoms. The van der Waals surface area contributed by atoms with E-state index >= 15 is 0 Å². The van der Waals surface area contributed by atoms with Gasteiger partial charge in [0.05, 0.1) is 11.1 Å². The van der Waals surface area contributed by atoms with Gasteiger partial charge in [0.15, 0.2) is 0 Å². The highest BCUT2D eigenvalue weighted by atomic mass is 16.5. The molecule has 2 aromatic rings. The Morgan fingerprint density at radius 1 is 0.833 bits per heavy atom. The molecule has 0 radical (unpaired) electrons. The van der Waals surface area contributed by atoms with Gasteiger partial charge in [-0.15, -0.1) is 0 Å². The second-order valence-corrected chi connectivity index (χ2v) is 3.59. The van der Waals surface area contributed by atoms with E-state index in [2.05, 4.69) is 0 Å². The molecule has 0 aliphatic rings. The predicted molar refractivity (Wildman–Crippen MR) is 64.8 cm³/mol. The van der Waals surface area contributed by atoms with E-state index in [1.807, 2.05) is 6.07 Å². The number of hydrogen-bond donors (Lipinski definition) is 1. The first kappa shape index (κ1) is 11.9. The van der Waals surface area contributed by atoms with Crippen molar-refractivity contribution in [2.24, 2.45) is 0 Å². The fourth-order valence-electron chi connectivity index (χ4n) is 1.40. The number of aromatic carboxylic acids is 1. The van der Waals surface area contributed by atoms with Gasteiger partial charge < -0.3 is 9.84 Å². The molecule has 4 nitrogen and oxygen atoms in total. The van der Waals surface area contributed by atoms with Crippen LogP contribution in [0.25, 0.3) is 0 Å². The van der Waals surface area contributed by atoms with E-state index < -0.39 is 11.9 Å². The van der Waals surface area contributed by atoms with Gasteiger partial charge in [0.1, 0.15) is 5.75 Å². The van der Waals surface area contributed by atoms with E-state index in [1.165, 1.54) is 24.3 Å². The number of hydrogen-bond acceptors (Lipinski definition) is 3. The molecule has 0 bridgehead atoms. The minimum atomic E-state index is -1.03. The zero-order chi connectivity index (χ0) is 13.0. The summed E-state index contributed by atoms with van der Waals surface area (Å²) >= 11 is 0. The van der Waals surface area contributed by atoms with Crippen molar-refractivity contribution in [1.82, 2.24) is 0 Å². The lowest BCUT2D eigenvalue weighted by atomic mass is 10.1. The Morgan fingerprint density at radius 2 is 1.39 bits per heavy atom. The maximum atomic E-state index is 11.7. The molecule has 90 valence electrons. The Hall–Kier alpha value is -2.62. The zero-order valence-corrected chi connectivity index (χ0v) is 9.37. The molecular formula is C14H10O4. The highest BCUT2D eigenvalue weighted by molar-refractivity contribution is 5.93. The summed E-state index contributed by atoms with van der Waals surface area (Å²) in [6.45, 7) is 0. The van der Waals surface area contributed by atoms with Crippen molar-refractivity contribution in [2.45, 2.75) is 0 Å². The molecule has 0 aliphatic carbocycles. The van der Waals surface area contributed by atoms with Crippen LogP contribution in [0.5, 0.6) is 5.75 Å². The van der Waals surface area contributed by atoms with Crippen LogP contribution < -0.4 is 4.74 Å². The topological polar surface area (TPSA) is 63.6 Å². The number of carbonyl (C=O) groups is 2. The number of carboxylic acid groups (broad SMARTS) is 1. The second kappa shape index (κ2) is 5.14. The molecule has 1 N–H and O–H groups in total. The summed E-state index contributed by atoms with van der Waals surface area (Å²) < 4.78 is 5.11. The molecule has 0 saturated carbocycles. The molecule has 0 saturated heterocycles. The van der Waals surface area contributed by atoms with E-state index in [9.17, 15) is 9.59 Å². The van der Waals surface area contributed by atoms with Crippen LogP contribution in [0, 0.1) is 0 Å². The van der Waals surface area contributed by atoms with Gasteiger partial charge in [-0.05, 0) is 36.4 Å². The molecule has 0 fully saturated rings. The van der Waals surface area contributed by atoms with E-state index in [0.29, 0.717) is 11.3 Å². The normalized spacial score (nSPS) is 9.78. The van der Waals surface area contributed by atoms with Crippen LogP contribution in [0.1, 0.15) is 20.7 Å². The smallest absolute Gasteiger partial charge is 0.343 e. The monoisotopic (exact) mass is 242 g/mol.